The van der Waals surface area contributed by atoms with Crippen LogP contribution in [-0.2, 0) is 14.9 Å². The molecule has 1 saturated heterocycles. The maximum Gasteiger partial charge on any atom is 0.421 e. The van der Waals surface area contributed by atoms with Crippen molar-refractivity contribution in [1.82, 2.24) is 9.03 Å². The Bertz CT molecular complexity index is 361. The largest absolute Gasteiger partial charge is 0.449 e. The maximum atomic E-state index is 11.5. The average Bonchev–Trinajstić information content (AvgIpc) is 2.12. The zero-order valence-corrected chi connectivity index (χ0v) is 10.1. The van der Waals surface area contributed by atoms with Crippen LogP contribution in [-0.4, -0.2) is 49.2 Å². The molecule has 0 bridgehead atoms. The fourth-order valence-corrected chi connectivity index (χ4v) is 2.55. The normalized spacial score (nSPS) is 19.9. The first kappa shape index (κ1) is 13.2. The second kappa shape index (κ2) is 4.56. The fourth-order valence-electron chi connectivity index (χ4n) is 1.33. The molecular formula is C8H16N2O5S. The van der Waals surface area contributed by atoms with Crippen molar-refractivity contribution in [1.29, 1.82) is 0 Å². The molecule has 1 heterocycles. The van der Waals surface area contributed by atoms with E-state index in [-0.39, 0.29) is 19.7 Å². The number of carbonyl (C=O) groups is 1. The van der Waals surface area contributed by atoms with Gasteiger partial charge >= 0.3 is 16.3 Å². The number of hydrogen-bond donors (Lipinski definition) is 2. The Morgan fingerprint density at radius 2 is 2.06 bits per heavy atom. The molecule has 7 nitrogen and oxygen atoms in total. The standard InChI is InChI=1S/C8H16N2O5S/c1-3-8(12)5-10(6-8)16(13,14)9-7(11)15-4-2/h12H,3-6H2,1-2H3,(H,9,11). The van der Waals surface area contributed by atoms with Crippen molar-refractivity contribution in [2.24, 2.45) is 0 Å². The molecule has 0 aromatic carbocycles. The van der Waals surface area contributed by atoms with Gasteiger partial charge in [0, 0.05) is 13.1 Å². The number of rotatable bonds is 4. The first-order valence-electron chi connectivity index (χ1n) is 5.00. The SMILES string of the molecule is CCOC(=O)NS(=O)(=O)N1CC(O)(CC)C1. The number of hydrogen-bond acceptors (Lipinski definition) is 5. The Labute approximate surface area is 94.6 Å². The summed E-state index contributed by atoms with van der Waals surface area (Å²) >= 11 is 0. The Balaban J connectivity index is 2.52. The second-order valence-corrected chi connectivity index (χ2v) is 5.34. The zero-order chi connectivity index (χ0) is 12.4. The summed E-state index contributed by atoms with van der Waals surface area (Å²) in [6.45, 7) is 3.44. The third-order valence-electron chi connectivity index (χ3n) is 2.43. The van der Waals surface area contributed by atoms with Gasteiger partial charge < -0.3 is 9.84 Å². The summed E-state index contributed by atoms with van der Waals surface area (Å²) in [5, 5.41) is 9.64. The van der Waals surface area contributed by atoms with Crippen LogP contribution in [0, 0.1) is 0 Å². The first-order valence-corrected chi connectivity index (χ1v) is 6.44. The van der Waals surface area contributed by atoms with Gasteiger partial charge in [-0.2, -0.15) is 12.7 Å². The minimum Gasteiger partial charge on any atom is -0.449 e. The van der Waals surface area contributed by atoms with Crippen LogP contribution >= 0.6 is 0 Å². The second-order valence-electron chi connectivity index (χ2n) is 3.67. The molecule has 0 unspecified atom stereocenters. The lowest BCUT2D eigenvalue weighted by molar-refractivity contribution is -0.0618. The fraction of sp³-hybridized carbons (Fsp3) is 0.875. The van der Waals surface area contributed by atoms with Crippen LogP contribution in [0.25, 0.3) is 0 Å². The molecule has 0 aliphatic carbocycles. The molecule has 16 heavy (non-hydrogen) atoms. The van der Waals surface area contributed by atoms with Crippen LogP contribution in [0.1, 0.15) is 20.3 Å². The number of carbonyl (C=O) groups excluding carboxylic acids is 1. The summed E-state index contributed by atoms with van der Waals surface area (Å²) in [7, 11) is -3.88. The van der Waals surface area contributed by atoms with Gasteiger partial charge in [0.1, 0.15) is 0 Å². The summed E-state index contributed by atoms with van der Waals surface area (Å²) in [5.41, 5.74) is -0.969. The minimum absolute atomic E-state index is 0.00175. The van der Waals surface area contributed by atoms with Crippen molar-refractivity contribution < 1.29 is 23.1 Å². The summed E-state index contributed by atoms with van der Waals surface area (Å²) in [4.78, 5) is 10.9. The number of amides is 1. The molecule has 0 radical (unpaired) electrons. The van der Waals surface area contributed by atoms with E-state index in [9.17, 15) is 18.3 Å². The van der Waals surface area contributed by atoms with Gasteiger partial charge in [0.2, 0.25) is 0 Å². The number of ether oxygens (including phenoxy) is 1. The summed E-state index contributed by atoms with van der Waals surface area (Å²) < 4.78 is 30.2. The summed E-state index contributed by atoms with van der Waals surface area (Å²) in [6, 6.07) is 0. The van der Waals surface area contributed by atoms with Crippen molar-refractivity contribution in [3.05, 3.63) is 0 Å². The highest BCUT2D eigenvalue weighted by Gasteiger charge is 2.46. The Morgan fingerprint density at radius 3 is 2.50 bits per heavy atom. The molecule has 0 atom stereocenters. The van der Waals surface area contributed by atoms with E-state index in [0.717, 1.165) is 4.31 Å². The van der Waals surface area contributed by atoms with Gasteiger partial charge in [0.25, 0.3) is 0 Å². The highest BCUT2D eigenvalue weighted by molar-refractivity contribution is 7.87. The Morgan fingerprint density at radius 1 is 1.50 bits per heavy atom. The monoisotopic (exact) mass is 252 g/mol. The lowest BCUT2D eigenvalue weighted by atomic mass is 9.94. The molecule has 1 aliphatic rings. The molecule has 1 rings (SSSR count). The van der Waals surface area contributed by atoms with Gasteiger partial charge in [-0.1, -0.05) is 6.92 Å². The van der Waals surface area contributed by atoms with E-state index in [1.165, 1.54) is 0 Å². The van der Waals surface area contributed by atoms with Crippen molar-refractivity contribution in [2.45, 2.75) is 25.9 Å². The topological polar surface area (TPSA) is 95.9 Å². The number of nitrogens with one attached hydrogen (secondary N) is 1. The van der Waals surface area contributed by atoms with Crippen molar-refractivity contribution in [2.75, 3.05) is 19.7 Å². The summed E-state index contributed by atoms with van der Waals surface area (Å²) in [5.74, 6) is 0. The van der Waals surface area contributed by atoms with Crippen LogP contribution < -0.4 is 4.72 Å². The van der Waals surface area contributed by atoms with E-state index in [1.807, 2.05) is 0 Å². The van der Waals surface area contributed by atoms with Gasteiger partial charge in [0.05, 0.1) is 12.2 Å². The van der Waals surface area contributed by atoms with Crippen LogP contribution in [0.15, 0.2) is 0 Å². The van der Waals surface area contributed by atoms with Crippen molar-refractivity contribution in [3.63, 3.8) is 0 Å². The van der Waals surface area contributed by atoms with E-state index in [0.29, 0.717) is 6.42 Å². The molecule has 8 heteroatoms. The van der Waals surface area contributed by atoms with Crippen molar-refractivity contribution >= 4 is 16.3 Å². The van der Waals surface area contributed by atoms with E-state index in [4.69, 9.17) is 0 Å². The lowest BCUT2D eigenvalue weighted by Gasteiger charge is -2.44. The average molecular weight is 252 g/mol. The van der Waals surface area contributed by atoms with Crippen LogP contribution in [0.5, 0.6) is 0 Å². The molecule has 1 aliphatic heterocycles. The predicted molar refractivity (Wildman–Crippen MR) is 55.9 cm³/mol. The van der Waals surface area contributed by atoms with E-state index in [1.54, 1.807) is 18.6 Å². The molecule has 1 fully saturated rings. The van der Waals surface area contributed by atoms with Crippen molar-refractivity contribution in [3.8, 4) is 0 Å². The quantitative estimate of drug-likeness (QED) is 0.698. The predicted octanol–water partition coefficient (Wildman–Crippen LogP) is -0.566. The van der Waals surface area contributed by atoms with Crippen LogP contribution in [0.2, 0.25) is 0 Å². The van der Waals surface area contributed by atoms with E-state index < -0.39 is 21.9 Å². The Kier molecular flexibility index (Phi) is 3.76. The molecule has 0 aromatic rings. The van der Waals surface area contributed by atoms with Gasteiger partial charge in [-0.25, -0.2) is 9.52 Å². The van der Waals surface area contributed by atoms with Gasteiger partial charge in [-0.3, -0.25) is 0 Å². The third kappa shape index (κ3) is 2.83. The number of β-amino-alcohol motifs (C(OH)–C–C–N with tert-alkyl or cyclic N) is 1. The number of nitrogens with zero attached hydrogens (tertiary/aromatic N) is 1. The smallest absolute Gasteiger partial charge is 0.421 e. The molecule has 0 aromatic heterocycles. The van der Waals surface area contributed by atoms with Gasteiger partial charge in [-0.05, 0) is 13.3 Å². The maximum absolute atomic E-state index is 11.5. The zero-order valence-electron chi connectivity index (χ0n) is 9.26. The molecule has 0 spiro atoms. The molecular weight excluding hydrogens is 236 g/mol. The highest BCUT2D eigenvalue weighted by atomic mass is 32.2. The van der Waals surface area contributed by atoms with E-state index >= 15 is 0 Å². The molecule has 94 valence electrons. The minimum atomic E-state index is -3.88. The highest BCUT2D eigenvalue weighted by Crippen LogP contribution is 2.25. The summed E-state index contributed by atoms with van der Waals surface area (Å²) in [6.07, 6.45) is -0.534. The van der Waals surface area contributed by atoms with E-state index in [2.05, 4.69) is 4.74 Å². The third-order valence-corrected chi connectivity index (χ3v) is 3.79. The van der Waals surface area contributed by atoms with Crippen LogP contribution in [0.3, 0.4) is 0 Å². The number of aliphatic hydroxyl groups is 1. The molecule has 2 N–H and O–H groups in total. The van der Waals surface area contributed by atoms with Crippen LogP contribution in [0.4, 0.5) is 4.79 Å². The molecule has 1 amide bonds. The first-order chi connectivity index (χ1) is 7.33. The van der Waals surface area contributed by atoms with Gasteiger partial charge in [0.15, 0.2) is 0 Å². The molecule has 0 saturated carbocycles. The van der Waals surface area contributed by atoms with Gasteiger partial charge in [-0.15, -0.1) is 0 Å². The Hall–Kier alpha value is -0.860. The lowest BCUT2D eigenvalue weighted by Crippen LogP contribution is -2.65.